The van der Waals surface area contributed by atoms with E-state index in [1.807, 2.05) is 89.6 Å². The van der Waals surface area contributed by atoms with Gasteiger partial charge in [-0.15, -0.1) is 0 Å². The molecule has 1 aliphatic rings. The minimum absolute atomic E-state index is 0.421. The summed E-state index contributed by atoms with van der Waals surface area (Å²) in [6.07, 6.45) is 4.11. The Morgan fingerprint density at radius 1 is 0.872 bits per heavy atom. The number of fused-ring (bicyclic) bond motifs is 1. The highest BCUT2D eigenvalue weighted by atomic mass is 16.5. The zero-order valence-corrected chi connectivity index (χ0v) is 21.8. The first kappa shape index (κ1) is 24.8. The first-order valence-electron chi connectivity index (χ1n) is 13.2. The number of pyridine rings is 1. The summed E-state index contributed by atoms with van der Waals surface area (Å²) in [5.74, 6) is 4.52. The molecule has 8 heteroatoms. The van der Waals surface area contributed by atoms with Crippen LogP contribution in [-0.4, -0.2) is 41.0 Å². The molecule has 3 heterocycles. The van der Waals surface area contributed by atoms with Gasteiger partial charge in [0.15, 0.2) is 11.5 Å². The summed E-state index contributed by atoms with van der Waals surface area (Å²) in [6, 6.07) is 27.6. The largest absolute Gasteiger partial charge is 0.497 e. The van der Waals surface area contributed by atoms with E-state index in [-0.39, 0.29) is 0 Å². The number of benzene rings is 3. The van der Waals surface area contributed by atoms with Crippen molar-refractivity contribution >= 4 is 16.9 Å². The van der Waals surface area contributed by atoms with Crippen molar-refractivity contribution in [2.24, 2.45) is 0 Å². The molecule has 8 nitrogen and oxygen atoms in total. The average Bonchev–Trinajstić information content (AvgIpc) is 3.63. The second-order valence-electron chi connectivity index (χ2n) is 9.52. The minimum Gasteiger partial charge on any atom is -0.497 e. The van der Waals surface area contributed by atoms with E-state index in [4.69, 9.17) is 24.3 Å². The fraction of sp³-hybridized carbons (Fsp3) is 0.226. The van der Waals surface area contributed by atoms with Gasteiger partial charge in [0.05, 0.1) is 13.7 Å². The Kier molecular flexibility index (Phi) is 7.27. The third-order valence-electron chi connectivity index (χ3n) is 6.79. The number of hydrogen-bond acceptors (Lipinski definition) is 7. The molecule has 3 aromatic carbocycles. The van der Waals surface area contributed by atoms with E-state index >= 15 is 0 Å². The van der Waals surface area contributed by atoms with Crippen molar-refractivity contribution < 1.29 is 14.2 Å². The van der Waals surface area contributed by atoms with Crippen molar-refractivity contribution in [1.82, 2.24) is 20.1 Å². The molecule has 198 valence electrons. The van der Waals surface area contributed by atoms with Gasteiger partial charge in [-0.3, -0.25) is 0 Å². The number of methoxy groups -OCH3 is 1. The van der Waals surface area contributed by atoms with Gasteiger partial charge in [-0.05, 0) is 73.5 Å². The summed E-state index contributed by atoms with van der Waals surface area (Å²) in [6.45, 7) is 2.42. The zero-order valence-electron chi connectivity index (χ0n) is 21.8. The van der Waals surface area contributed by atoms with E-state index in [9.17, 15) is 0 Å². The van der Waals surface area contributed by atoms with Crippen LogP contribution in [0.3, 0.4) is 0 Å². The molecule has 0 aliphatic carbocycles. The van der Waals surface area contributed by atoms with Gasteiger partial charge in [0.25, 0.3) is 0 Å². The van der Waals surface area contributed by atoms with Crippen molar-refractivity contribution in [3.63, 3.8) is 0 Å². The number of para-hydroxylation sites is 1. The highest BCUT2D eigenvalue weighted by Crippen LogP contribution is 2.35. The molecule has 5 aromatic rings. The van der Waals surface area contributed by atoms with Crippen LogP contribution in [0.15, 0.2) is 91.1 Å². The molecule has 0 amide bonds. The first-order chi connectivity index (χ1) is 19.2. The minimum atomic E-state index is 0.421. The van der Waals surface area contributed by atoms with Crippen molar-refractivity contribution in [3.05, 3.63) is 96.7 Å². The van der Waals surface area contributed by atoms with Crippen LogP contribution in [-0.2, 0) is 6.54 Å². The van der Waals surface area contributed by atoms with E-state index < -0.39 is 0 Å². The van der Waals surface area contributed by atoms with E-state index in [0.717, 1.165) is 59.2 Å². The highest BCUT2D eigenvalue weighted by molar-refractivity contribution is 5.93. The topological polar surface area (TPSA) is 82.5 Å². The number of ether oxygens (including phenoxy) is 3. The Labute approximate surface area is 227 Å². The SMILES string of the molecule is COc1ccc(Cn2nc(NC[C@@H]3CCCN3)c3c(Oc4ccc(Oc5ccccc5)cc4)ccnc32)cc1. The molecular weight excluding hydrogens is 490 g/mol. The molecule has 1 fully saturated rings. The number of nitrogens with one attached hydrogen (secondary N) is 2. The van der Waals surface area contributed by atoms with Crippen LogP contribution >= 0.6 is 0 Å². The average molecular weight is 522 g/mol. The monoisotopic (exact) mass is 521 g/mol. The molecule has 0 saturated carbocycles. The van der Waals surface area contributed by atoms with Crippen LogP contribution in [0, 0.1) is 0 Å². The van der Waals surface area contributed by atoms with Gasteiger partial charge in [0, 0.05) is 24.8 Å². The molecule has 0 spiro atoms. The Hall–Kier alpha value is -4.56. The molecule has 1 aliphatic heterocycles. The van der Waals surface area contributed by atoms with Crippen LogP contribution < -0.4 is 24.8 Å². The summed E-state index contributed by atoms with van der Waals surface area (Å²) in [7, 11) is 1.67. The van der Waals surface area contributed by atoms with Gasteiger partial charge in [0.2, 0.25) is 0 Å². The second-order valence-corrected chi connectivity index (χ2v) is 9.52. The number of anilines is 1. The Morgan fingerprint density at radius 2 is 1.59 bits per heavy atom. The number of nitrogens with zero attached hydrogens (tertiary/aromatic N) is 3. The predicted molar refractivity (Wildman–Crippen MR) is 152 cm³/mol. The van der Waals surface area contributed by atoms with E-state index in [1.165, 1.54) is 6.42 Å². The van der Waals surface area contributed by atoms with Gasteiger partial charge in [-0.2, -0.15) is 5.10 Å². The quantitative estimate of drug-likeness (QED) is 0.225. The van der Waals surface area contributed by atoms with Gasteiger partial charge < -0.3 is 24.8 Å². The fourth-order valence-corrected chi connectivity index (χ4v) is 4.77. The molecule has 1 atom stereocenters. The number of aromatic nitrogens is 3. The summed E-state index contributed by atoms with van der Waals surface area (Å²) in [4.78, 5) is 4.69. The lowest BCUT2D eigenvalue weighted by Gasteiger charge is -2.12. The van der Waals surface area contributed by atoms with Crippen LogP contribution in [0.25, 0.3) is 11.0 Å². The normalized spacial score (nSPS) is 14.8. The number of rotatable bonds is 10. The Morgan fingerprint density at radius 3 is 2.31 bits per heavy atom. The molecular formula is C31H31N5O3. The summed E-state index contributed by atoms with van der Waals surface area (Å²) >= 11 is 0. The van der Waals surface area contributed by atoms with Crippen LogP contribution in [0.4, 0.5) is 5.82 Å². The summed E-state index contributed by atoms with van der Waals surface area (Å²) in [5.41, 5.74) is 1.86. The molecule has 2 aromatic heterocycles. The lowest BCUT2D eigenvalue weighted by molar-refractivity contribution is 0.414. The smallest absolute Gasteiger partial charge is 0.164 e. The molecule has 0 unspecified atom stereocenters. The Bertz CT molecular complexity index is 1510. The lowest BCUT2D eigenvalue weighted by Crippen LogP contribution is -2.29. The fourth-order valence-electron chi connectivity index (χ4n) is 4.77. The van der Waals surface area contributed by atoms with Gasteiger partial charge in [0.1, 0.15) is 34.1 Å². The maximum absolute atomic E-state index is 6.38. The van der Waals surface area contributed by atoms with E-state index in [1.54, 1.807) is 13.3 Å². The molecule has 2 N–H and O–H groups in total. The van der Waals surface area contributed by atoms with Crippen LogP contribution in [0.1, 0.15) is 18.4 Å². The standard InChI is InChI=1S/C31H31N5O3/c1-37-24-11-9-22(10-12-24)21-36-31-29(30(35-36)34-20-23-6-5-18-32-23)28(17-19-33-31)39-27-15-13-26(14-16-27)38-25-7-3-2-4-8-25/h2-4,7-17,19,23,32H,5-6,18,20-21H2,1H3,(H,34,35)/t23-/m0/s1. The molecule has 1 saturated heterocycles. The maximum Gasteiger partial charge on any atom is 0.164 e. The Balaban J connectivity index is 1.28. The molecule has 39 heavy (non-hydrogen) atoms. The lowest BCUT2D eigenvalue weighted by atomic mass is 10.2. The van der Waals surface area contributed by atoms with Crippen molar-refractivity contribution in [1.29, 1.82) is 0 Å². The van der Waals surface area contributed by atoms with Crippen molar-refractivity contribution in [2.45, 2.75) is 25.4 Å². The number of hydrogen-bond donors (Lipinski definition) is 2. The van der Waals surface area contributed by atoms with Gasteiger partial charge in [-0.25, -0.2) is 9.67 Å². The molecule has 0 bridgehead atoms. The van der Waals surface area contributed by atoms with E-state index in [2.05, 4.69) is 10.6 Å². The second kappa shape index (κ2) is 11.4. The maximum atomic E-state index is 6.38. The van der Waals surface area contributed by atoms with Gasteiger partial charge in [-0.1, -0.05) is 30.3 Å². The first-order valence-corrected chi connectivity index (χ1v) is 13.2. The predicted octanol–water partition coefficient (Wildman–Crippen LogP) is 6.24. The van der Waals surface area contributed by atoms with Crippen LogP contribution in [0.5, 0.6) is 28.7 Å². The molecule has 6 rings (SSSR count). The summed E-state index contributed by atoms with van der Waals surface area (Å²) in [5, 5.41) is 12.9. The zero-order chi connectivity index (χ0) is 26.4. The van der Waals surface area contributed by atoms with E-state index in [0.29, 0.717) is 24.1 Å². The van der Waals surface area contributed by atoms with Crippen LogP contribution in [0.2, 0.25) is 0 Å². The van der Waals surface area contributed by atoms with Gasteiger partial charge >= 0.3 is 0 Å². The third-order valence-corrected chi connectivity index (χ3v) is 6.79. The van der Waals surface area contributed by atoms with Crippen molar-refractivity contribution in [3.8, 4) is 28.7 Å². The third kappa shape index (κ3) is 5.81. The highest BCUT2D eigenvalue weighted by Gasteiger charge is 2.20. The molecule has 0 radical (unpaired) electrons. The van der Waals surface area contributed by atoms with Crippen molar-refractivity contribution in [2.75, 3.05) is 25.5 Å². The summed E-state index contributed by atoms with van der Waals surface area (Å²) < 4.78 is 19.5.